The van der Waals surface area contributed by atoms with E-state index in [-0.39, 0.29) is 0 Å². The summed E-state index contributed by atoms with van der Waals surface area (Å²) in [6.45, 7) is 0.388. The lowest BCUT2D eigenvalue weighted by atomic mass is 9.92. The first-order valence-electron chi connectivity index (χ1n) is 8.35. The fourth-order valence-electron chi connectivity index (χ4n) is 2.73. The van der Waals surface area contributed by atoms with Crippen LogP contribution >= 0.6 is 11.8 Å². The molecule has 1 amide bonds. The lowest BCUT2D eigenvalue weighted by molar-refractivity contribution is -0.144. The summed E-state index contributed by atoms with van der Waals surface area (Å²) in [5, 5.41) is 12.2. The van der Waals surface area contributed by atoms with Gasteiger partial charge in [0.25, 0.3) is 5.91 Å². The normalized spacial score (nSPS) is 15.8. The van der Waals surface area contributed by atoms with E-state index in [1.165, 1.54) is 6.20 Å². The van der Waals surface area contributed by atoms with Gasteiger partial charge >= 0.3 is 5.97 Å². The summed E-state index contributed by atoms with van der Waals surface area (Å²) in [7, 11) is 0. The topological polar surface area (TPSA) is 88.5 Å². The highest BCUT2D eigenvalue weighted by Gasteiger charge is 2.41. The number of carboxylic acids is 1. The number of amides is 1. The largest absolute Gasteiger partial charge is 0.480 e. The van der Waals surface area contributed by atoms with Gasteiger partial charge in [-0.3, -0.25) is 4.79 Å². The number of hydrogen-bond acceptors (Lipinski definition) is 5. The molecular weight excluding hydrogens is 352 g/mol. The Balaban J connectivity index is 1.62. The number of rotatable bonds is 6. The van der Waals surface area contributed by atoms with Gasteiger partial charge in [-0.15, -0.1) is 0 Å². The van der Waals surface area contributed by atoms with Crippen molar-refractivity contribution in [2.45, 2.75) is 25.0 Å². The van der Waals surface area contributed by atoms with E-state index in [1.807, 2.05) is 30.3 Å². The monoisotopic (exact) mass is 372 g/mol. The molecule has 0 saturated carbocycles. The van der Waals surface area contributed by atoms with E-state index >= 15 is 0 Å². The molecule has 2 aromatic rings. The number of aliphatic carboxylic acids is 1. The fraction of sp³-hybridized carbons (Fsp3) is 0.316. The summed E-state index contributed by atoms with van der Waals surface area (Å²) < 4.78 is 5.60. The number of hydrogen-bond donors (Lipinski definition) is 2. The molecule has 0 bridgehead atoms. The molecule has 2 N–H and O–H groups in total. The molecular formula is C19H20N2O4S. The van der Waals surface area contributed by atoms with Gasteiger partial charge in [0, 0.05) is 12.3 Å². The van der Waals surface area contributed by atoms with E-state index in [1.54, 1.807) is 23.9 Å². The van der Waals surface area contributed by atoms with Gasteiger partial charge in [0.2, 0.25) is 5.88 Å². The molecule has 7 heteroatoms. The summed E-state index contributed by atoms with van der Waals surface area (Å²) >= 11 is 1.70. The second-order valence-electron chi connectivity index (χ2n) is 6.11. The van der Waals surface area contributed by atoms with Crippen LogP contribution in [0, 0.1) is 0 Å². The summed E-state index contributed by atoms with van der Waals surface area (Å²) in [5.41, 5.74) is 0.149. The molecule has 0 atom stereocenters. The zero-order valence-electron chi connectivity index (χ0n) is 14.2. The number of nitrogens with zero attached hydrogens (tertiary/aromatic N) is 1. The predicted octanol–water partition coefficient (Wildman–Crippen LogP) is 2.74. The van der Waals surface area contributed by atoms with Crippen LogP contribution in [0.15, 0.2) is 48.7 Å². The summed E-state index contributed by atoms with van der Waals surface area (Å²) in [4.78, 5) is 28.2. The van der Waals surface area contributed by atoms with Crippen molar-refractivity contribution in [3.8, 4) is 5.88 Å². The smallest absolute Gasteiger partial charge is 0.329 e. The van der Waals surface area contributed by atoms with E-state index < -0.39 is 17.4 Å². The van der Waals surface area contributed by atoms with Crippen molar-refractivity contribution in [2.75, 3.05) is 11.5 Å². The van der Waals surface area contributed by atoms with Gasteiger partial charge in [-0.2, -0.15) is 11.8 Å². The zero-order valence-corrected chi connectivity index (χ0v) is 15.0. The molecule has 136 valence electrons. The highest BCUT2D eigenvalue weighted by Crippen LogP contribution is 2.27. The summed E-state index contributed by atoms with van der Waals surface area (Å²) in [5.74, 6) is 0.435. The Hall–Kier alpha value is -2.54. The third-order valence-corrected chi connectivity index (χ3v) is 5.32. The van der Waals surface area contributed by atoms with Crippen LogP contribution in [0.2, 0.25) is 0 Å². The lowest BCUT2D eigenvalue weighted by Crippen LogP contribution is -2.56. The maximum Gasteiger partial charge on any atom is 0.329 e. The number of carbonyl (C=O) groups excluding carboxylic acids is 1. The van der Waals surface area contributed by atoms with Crippen LogP contribution in [-0.4, -0.2) is 39.0 Å². The molecule has 0 spiro atoms. The summed E-state index contributed by atoms with van der Waals surface area (Å²) in [6, 6.07) is 12.9. The molecule has 26 heavy (non-hydrogen) atoms. The van der Waals surface area contributed by atoms with Gasteiger partial charge in [0.1, 0.15) is 12.1 Å². The van der Waals surface area contributed by atoms with Crippen molar-refractivity contribution in [1.29, 1.82) is 0 Å². The van der Waals surface area contributed by atoms with E-state index in [9.17, 15) is 14.7 Å². The van der Waals surface area contributed by atoms with Crippen molar-refractivity contribution >= 4 is 23.6 Å². The predicted molar refractivity (Wildman–Crippen MR) is 99.4 cm³/mol. The summed E-state index contributed by atoms with van der Waals surface area (Å²) in [6.07, 6.45) is 2.25. The minimum Gasteiger partial charge on any atom is -0.480 e. The van der Waals surface area contributed by atoms with Crippen LogP contribution in [-0.2, 0) is 11.4 Å². The highest BCUT2D eigenvalue weighted by atomic mass is 32.2. The number of carboxylic acid groups (broad SMARTS) is 1. The highest BCUT2D eigenvalue weighted by molar-refractivity contribution is 7.99. The standard InChI is InChI=1S/C19H20N2O4S/c22-17(21-19(18(23)24)8-10-26-11-9-19)15-6-7-16(20-12-15)25-13-14-4-2-1-3-5-14/h1-7,12H,8-11,13H2,(H,21,22)(H,23,24). The number of nitrogens with one attached hydrogen (secondary N) is 1. The number of ether oxygens (including phenoxy) is 1. The molecule has 1 aromatic heterocycles. The van der Waals surface area contributed by atoms with Crippen LogP contribution in [0.4, 0.5) is 0 Å². The maximum absolute atomic E-state index is 12.5. The molecule has 1 saturated heterocycles. The van der Waals surface area contributed by atoms with Crippen molar-refractivity contribution in [2.24, 2.45) is 0 Å². The molecule has 0 radical (unpaired) electrons. The van der Waals surface area contributed by atoms with Crippen molar-refractivity contribution < 1.29 is 19.4 Å². The number of aromatic nitrogens is 1. The molecule has 6 nitrogen and oxygen atoms in total. The second kappa shape index (κ2) is 8.23. The van der Waals surface area contributed by atoms with Gasteiger partial charge in [-0.1, -0.05) is 30.3 Å². The Morgan fingerprint density at radius 2 is 1.88 bits per heavy atom. The molecule has 1 fully saturated rings. The van der Waals surface area contributed by atoms with Gasteiger partial charge < -0.3 is 15.2 Å². The van der Waals surface area contributed by atoms with Crippen LogP contribution in [0.3, 0.4) is 0 Å². The van der Waals surface area contributed by atoms with Crippen LogP contribution < -0.4 is 10.1 Å². The lowest BCUT2D eigenvalue weighted by Gasteiger charge is -2.33. The average Bonchev–Trinajstić information content (AvgIpc) is 2.68. The minimum absolute atomic E-state index is 0.316. The van der Waals surface area contributed by atoms with Crippen molar-refractivity contribution in [1.82, 2.24) is 10.3 Å². The number of thioether (sulfide) groups is 1. The van der Waals surface area contributed by atoms with Gasteiger partial charge in [0.15, 0.2) is 0 Å². The molecule has 3 rings (SSSR count). The van der Waals surface area contributed by atoms with Gasteiger partial charge in [-0.05, 0) is 36.0 Å². The average molecular weight is 372 g/mol. The first-order valence-corrected chi connectivity index (χ1v) is 9.51. The van der Waals surface area contributed by atoms with E-state index in [0.29, 0.717) is 30.9 Å². The van der Waals surface area contributed by atoms with E-state index in [0.717, 1.165) is 17.1 Å². The first-order chi connectivity index (χ1) is 12.6. The van der Waals surface area contributed by atoms with Gasteiger partial charge in [-0.25, -0.2) is 9.78 Å². The van der Waals surface area contributed by atoms with Crippen molar-refractivity contribution in [3.05, 3.63) is 59.8 Å². The molecule has 1 aromatic carbocycles. The number of pyridine rings is 1. The molecule has 0 aliphatic carbocycles. The fourth-order valence-corrected chi connectivity index (χ4v) is 3.92. The van der Waals surface area contributed by atoms with Crippen LogP contribution in [0.5, 0.6) is 5.88 Å². The minimum atomic E-state index is -1.19. The molecule has 1 aliphatic rings. The molecule has 0 unspecified atom stereocenters. The van der Waals surface area contributed by atoms with E-state index in [2.05, 4.69) is 10.3 Å². The SMILES string of the molecule is O=C(NC1(C(=O)O)CCSCC1)c1ccc(OCc2ccccc2)nc1. The van der Waals surface area contributed by atoms with Gasteiger partial charge in [0.05, 0.1) is 5.56 Å². The molecule has 1 aliphatic heterocycles. The first kappa shape index (κ1) is 18.3. The Morgan fingerprint density at radius 3 is 2.50 bits per heavy atom. The quantitative estimate of drug-likeness (QED) is 0.811. The Kier molecular flexibility index (Phi) is 5.78. The van der Waals surface area contributed by atoms with Crippen LogP contribution in [0.25, 0.3) is 0 Å². The van der Waals surface area contributed by atoms with Crippen LogP contribution in [0.1, 0.15) is 28.8 Å². The van der Waals surface area contributed by atoms with E-state index in [4.69, 9.17) is 4.74 Å². The third kappa shape index (κ3) is 4.35. The number of carbonyl (C=O) groups is 2. The van der Waals surface area contributed by atoms with Crippen molar-refractivity contribution in [3.63, 3.8) is 0 Å². The third-order valence-electron chi connectivity index (χ3n) is 4.34. The Labute approximate surface area is 156 Å². The zero-order chi connectivity index (χ0) is 18.4. The maximum atomic E-state index is 12.5. The Morgan fingerprint density at radius 1 is 1.15 bits per heavy atom. The second-order valence-corrected chi connectivity index (χ2v) is 7.34. The molecule has 2 heterocycles. The Bertz CT molecular complexity index is 759. The number of benzene rings is 1.